The molecule has 5 nitrogen and oxygen atoms in total. The van der Waals surface area contributed by atoms with E-state index < -0.39 is 11.8 Å². The number of hydrogen-bond donors (Lipinski definition) is 2. The number of urea groups is 1. The minimum Gasteiger partial charge on any atom is -0.305 e. The molecule has 0 fully saturated rings. The van der Waals surface area contributed by atoms with Crippen molar-refractivity contribution in [3.05, 3.63) is 83.5 Å². The van der Waals surface area contributed by atoms with Gasteiger partial charge in [-0.15, -0.1) is 0 Å². The first-order chi connectivity index (χ1) is 13.5. The Morgan fingerprint density at radius 2 is 1.75 bits per heavy atom. The van der Waals surface area contributed by atoms with Gasteiger partial charge in [0.1, 0.15) is 23.0 Å². The fourth-order valence-electron chi connectivity index (χ4n) is 2.79. The van der Waals surface area contributed by atoms with Crippen molar-refractivity contribution in [2.45, 2.75) is 0 Å². The predicted molar refractivity (Wildman–Crippen MR) is 105 cm³/mol. The average Bonchev–Trinajstić information content (AvgIpc) is 3.04. The molecule has 0 bridgehead atoms. The van der Waals surface area contributed by atoms with Crippen LogP contribution in [0.15, 0.2) is 66.9 Å². The molecule has 2 aromatic carbocycles. The summed E-state index contributed by atoms with van der Waals surface area (Å²) in [5.74, 6) is -0.741. The Balaban J connectivity index is 1.71. The highest BCUT2D eigenvalue weighted by Crippen LogP contribution is 2.29. The van der Waals surface area contributed by atoms with Crippen molar-refractivity contribution in [1.82, 2.24) is 9.38 Å². The van der Waals surface area contributed by atoms with Crippen LogP contribution in [0, 0.1) is 11.6 Å². The van der Waals surface area contributed by atoms with Gasteiger partial charge in [0.2, 0.25) is 0 Å². The van der Waals surface area contributed by atoms with E-state index in [4.69, 9.17) is 11.6 Å². The number of nitrogens with zero attached hydrogens (tertiary/aromatic N) is 2. The first-order valence-electron chi connectivity index (χ1n) is 8.28. The lowest BCUT2D eigenvalue weighted by molar-refractivity contribution is 0.262. The van der Waals surface area contributed by atoms with Crippen molar-refractivity contribution in [1.29, 1.82) is 0 Å². The monoisotopic (exact) mass is 398 g/mol. The van der Waals surface area contributed by atoms with Gasteiger partial charge >= 0.3 is 6.03 Å². The van der Waals surface area contributed by atoms with E-state index >= 15 is 0 Å². The van der Waals surface area contributed by atoms with Crippen molar-refractivity contribution < 1.29 is 13.6 Å². The second-order valence-electron chi connectivity index (χ2n) is 5.93. The van der Waals surface area contributed by atoms with Gasteiger partial charge in [-0.1, -0.05) is 23.7 Å². The van der Waals surface area contributed by atoms with Crippen LogP contribution in [0.2, 0.25) is 5.02 Å². The van der Waals surface area contributed by atoms with E-state index in [1.165, 1.54) is 30.3 Å². The quantitative estimate of drug-likeness (QED) is 0.473. The van der Waals surface area contributed by atoms with Crippen LogP contribution in [0.1, 0.15) is 0 Å². The number of benzene rings is 2. The third-order valence-electron chi connectivity index (χ3n) is 4.08. The smallest absolute Gasteiger partial charge is 0.305 e. The maximum atomic E-state index is 14.0. The van der Waals surface area contributed by atoms with Gasteiger partial charge in [-0.05, 0) is 48.5 Å². The Labute approximate surface area is 163 Å². The summed E-state index contributed by atoms with van der Waals surface area (Å²) in [6.45, 7) is 0. The lowest BCUT2D eigenvalue weighted by Gasteiger charge is -2.10. The van der Waals surface area contributed by atoms with Crippen LogP contribution in [-0.4, -0.2) is 15.4 Å². The highest BCUT2D eigenvalue weighted by molar-refractivity contribution is 6.31. The molecular formula is C20H13ClF2N4O. The molecule has 0 radical (unpaired) electrons. The molecule has 8 heteroatoms. The maximum absolute atomic E-state index is 14.0. The first-order valence-corrected chi connectivity index (χ1v) is 8.66. The Kier molecular flexibility index (Phi) is 4.67. The van der Waals surface area contributed by atoms with E-state index in [1.807, 2.05) is 6.07 Å². The third-order valence-corrected chi connectivity index (χ3v) is 4.37. The molecule has 0 atom stereocenters. The Morgan fingerprint density at radius 3 is 2.54 bits per heavy atom. The average molecular weight is 399 g/mol. The Morgan fingerprint density at radius 1 is 0.964 bits per heavy atom. The fourth-order valence-corrected chi connectivity index (χ4v) is 2.96. The Bertz CT molecular complexity index is 1170. The standard InChI is InChI=1S/C20H13ClF2N4O/c21-14-4-3-5-15(17(14)23)24-20(28)26-19-18(12-7-9-13(22)10-8-12)25-16-6-1-2-11-27(16)19/h1-11H,(H2,24,26,28). The molecule has 28 heavy (non-hydrogen) atoms. The molecule has 0 unspecified atom stereocenters. The lowest BCUT2D eigenvalue weighted by Crippen LogP contribution is -2.21. The summed E-state index contributed by atoms with van der Waals surface area (Å²) in [5, 5.41) is 5.02. The van der Waals surface area contributed by atoms with Gasteiger partial charge in [0.25, 0.3) is 0 Å². The number of anilines is 2. The van der Waals surface area contributed by atoms with Gasteiger partial charge in [0.15, 0.2) is 5.82 Å². The molecule has 2 heterocycles. The number of pyridine rings is 1. The van der Waals surface area contributed by atoms with E-state index in [2.05, 4.69) is 15.6 Å². The highest BCUT2D eigenvalue weighted by atomic mass is 35.5. The summed E-state index contributed by atoms with van der Waals surface area (Å²) in [7, 11) is 0. The van der Waals surface area contributed by atoms with Crippen LogP contribution in [0.5, 0.6) is 0 Å². The molecule has 140 valence electrons. The van der Waals surface area contributed by atoms with Gasteiger partial charge in [0, 0.05) is 11.8 Å². The number of carbonyl (C=O) groups excluding carboxylic acids is 1. The summed E-state index contributed by atoms with van der Waals surface area (Å²) in [6, 6.07) is 14.8. The van der Waals surface area contributed by atoms with Crippen LogP contribution in [0.4, 0.5) is 25.1 Å². The largest absolute Gasteiger partial charge is 0.324 e. The maximum Gasteiger partial charge on any atom is 0.324 e. The van der Waals surface area contributed by atoms with Gasteiger partial charge in [-0.3, -0.25) is 9.72 Å². The summed E-state index contributed by atoms with van der Waals surface area (Å²) in [5.41, 5.74) is 1.61. The molecule has 4 rings (SSSR count). The van der Waals surface area contributed by atoms with Crippen LogP contribution in [0.3, 0.4) is 0 Å². The van der Waals surface area contributed by atoms with Crippen molar-refractivity contribution >= 4 is 34.8 Å². The minimum absolute atomic E-state index is 0.0536. The molecule has 0 saturated carbocycles. The number of hydrogen-bond acceptors (Lipinski definition) is 2. The van der Waals surface area contributed by atoms with Gasteiger partial charge in [-0.2, -0.15) is 0 Å². The molecule has 0 spiro atoms. The summed E-state index contributed by atoms with van der Waals surface area (Å²) in [4.78, 5) is 17.0. The molecule has 2 aromatic heterocycles. The van der Waals surface area contributed by atoms with Crippen LogP contribution >= 0.6 is 11.6 Å². The minimum atomic E-state index is -0.726. The number of aromatic nitrogens is 2. The van der Waals surface area contributed by atoms with Crippen molar-refractivity contribution in [3.63, 3.8) is 0 Å². The predicted octanol–water partition coefficient (Wildman–Crippen LogP) is 5.58. The number of carbonyl (C=O) groups is 1. The zero-order valence-electron chi connectivity index (χ0n) is 14.3. The summed E-state index contributed by atoms with van der Waals surface area (Å²) in [6.07, 6.45) is 1.73. The van der Waals surface area contributed by atoms with E-state index in [0.717, 1.165) is 0 Å². The molecule has 0 aliphatic carbocycles. The van der Waals surface area contributed by atoms with Crippen molar-refractivity contribution in [2.75, 3.05) is 10.6 Å². The summed E-state index contributed by atoms with van der Waals surface area (Å²) >= 11 is 5.74. The van der Waals surface area contributed by atoms with E-state index in [9.17, 15) is 13.6 Å². The second kappa shape index (κ2) is 7.28. The van der Waals surface area contributed by atoms with Crippen LogP contribution in [0.25, 0.3) is 16.9 Å². The Hall–Kier alpha value is -3.45. The lowest BCUT2D eigenvalue weighted by atomic mass is 10.1. The topological polar surface area (TPSA) is 58.4 Å². The van der Waals surface area contributed by atoms with Gasteiger partial charge < -0.3 is 5.32 Å². The third kappa shape index (κ3) is 3.39. The van der Waals surface area contributed by atoms with E-state index in [-0.39, 0.29) is 16.5 Å². The van der Waals surface area contributed by atoms with E-state index in [1.54, 1.807) is 34.9 Å². The molecule has 4 aromatic rings. The zero-order chi connectivity index (χ0) is 19.7. The number of amides is 2. The highest BCUT2D eigenvalue weighted by Gasteiger charge is 2.17. The molecule has 2 N–H and O–H groups in total. The summed E-state index contributed by atoms with van der Waals surface area (Å²) < 4.78 is 29.0. The van der Waals surface area contributed by atoms with E-state index in [0.29, 0.717) is 22.7 Å². The first kappa shape index (κ1) is 17.9. The number of nitrogens with one attached hydrogen (secondary N) is 2. The van der Waals surface area contributed by atoms with Crippen molar-refractivity contribution in [2.24, 2.45) is 0 Å². The SMILES string of the molecule is O=C(Nc1cccc(Cl)c1F)Nc1c(-c2ccc(F)cc2)nc2ccccn12. The molecule has 2 amide bonds. The number of imidazole rings is 1. The number of rotatable bonds is 3. The molecule has 0 aliphatic rings. The molecular weight excluding hydrogens is 386 g/mol. The fraction of sp³-hybridized carbons (Fsp3) is 0. The second-order valence-corrected chi connectivity index (χ2v) is 6.33. The number of halogens is 3. The molecule has 0 aliphatic heterocycles. The molecule has 0 saturated heterocycles. The van der Waals surface area contributed by atoms with Gasteiger partial charge in [-0.25, -0.2) is 18.6 Å². The zero-order valence-corrected chi connectivity index (χ0v) is 15.0. The van der Waals surface area contributed by atoms with Crippen molar-refractivity contribution in [3.8, 4) is 11.3 Å². The van der Waals surface area contributed by atoms with Crippen LogP contribution < -0.4 is 10.6 Å². The van der Waals surface area contributed by atoms with Gasteiger partial charge in [0.05, 0.1) is 10.7 Å². The normalized spacial score (nSPS) is 10.8. The van der Waals surface area contributed by atoms with Crippen LogP contribution in [-0.2, 0) is 0 Å². The number of fused-ring (bicyclic) bond motifs is 1.